The summed E-state index contributed by atoms with van der Waals surface area (Å²) in [5, 5.41) is 13.6. The van der Waals surface area contributed by atoms with Crippen LogP contribution in [0.3, 0.4) is 0 Å². The minimum atomic E-state index is 0.0266. The SMILES string of the molecule is Cc1cc(Cl)cc(NC[C@@H](Cl)C(C)C)c1O. The Morgan fingerprint density at radius 1 is 1.38 bits per heavy atom. The molecule has 0 heterocycles. The molecule has 0 spiro atoms. The highest BCUT2D eigenvalue weighted by Crippen LogP contribution is 2.31. The Labute approximate surface area is 107 Å². The number of hydrogen-bond donors (Lipinski definition) is 2. The van der Waals surface area contributed by atoms with Crippen molar-refractivity contribution in [2.45, 2.75) is 26.1 Å². The van der Waals surface area contributed by atoms with Crippen molar-refractivity contribution in [3.05, 3.63) is 22.7 Å². The highest BCUT2D eigenvalue weighted by atomic mass is 35.5. The zero-order chi connectivity index (χ0) is 12.3. The maximum atomic E-state index is 9.81. The lowest BCUT2D eigenvalue weighted by atomic mass is 10.1. The summed E-state index contributed by atoms with van der Waals surface area (Å²) in [6, 6.07) is 3.43. The van der Waals surface area contributed by atoms with E-state index in [0.717, 1.165) is 5.56 Å². The van der Waals surface area contributed by atoms with E-state index in [1.54, 1.807) is 12.1 Å². The smallest absolute Gasteiger partial charge is 0.141 e. The molecule has 1 aromatic carbocycles. The number of rotatable bonds is 4. The molecule has 4 heteroatoms. The van der Waals surface area contributed by atoms with Gasteiger partial charge >= 0.3 is 0 Å². The Kier molecular flexibility index (Phi) is 4.75. The van der Waals surface area contributed by atoms with Gasteiger partial charge in [0.05, 0.1) is 11.1 Å². The molecule has 0 aliphatic heterocycles. The van der Waals surface area contributed by atoms with E-state index in [4.69, 9.17) is 23.2 Å². The van der Waals surface area contributed by atoms with Crippen molar-refractivity contribution in [2.24, 2.45) is 5.92 Å². The van der Waals surface area contributed by atoms with Gasteiger partial charge in [0, 0.05) is 11.6 Å². The Bertz CT molecular complexity index is 366. The summed E-state index contributed by atoms with van der Waals surface area (Å²) >= 11 is 12.0. The van der Waals surface area contributed by atoms with Crippen LogP contribution in [-0.2, 0) is 0 Å². The molecular weight excluding hydrogens is 245 g/mol. The monoisotopic (exact) mass is 261 g/mol. The third kappa shape index (κ3) is 3.46. The summed E-state index contributed by atoms with van der Waals surface area (Å²) in [7, 11) is 0. The minimum Gasteiger partial charge on any atom is -0.506 e. The predicted octanol–water partition coefficient (Wildman–Crippen LogP) is 4.03. The molecule has 0 saturated carbocycles. The van der Waals surface area contributed by atoms with Crippen LogP contribution in [-0.4, -0.2) is 17.0 Å². The van der Waals surface area contributed by atoms with E-state index in [1.807, 2.05) is 6.92 Å². The molecule has 0 unspecified atom stereocenters. The van der Waals surface area contributed by atoms with E-state index in [2.05, 4.69) is 19.2 Å². The molecule has 0 aliphatic carbocycles. The van der Waals surface area contributed by atoms with Gasteiger partial charge in [0.25, 0.3) is 0 Å². The number of nitrogens with one attached hydrogen (secondary N) is 1. The highest BCUT2D eigenvalue weighted by Gasteiger charge is 2.11. The largest absolute Gasteiger partial charge is 0.506 e. The van der Waals surface area contributed by atoms with E-state index in [0.29, 0.717) is 23.2 Å². The zero-order valence-corrected chi connectivity index (χ0v) is 11.2. The van der Waals surface area contributed by atoms with Gasteiger partial charge in [-0.05, 0) is 30.5 Å². The normalized spacial score (nSPS) is 12.9. The first kappa shape index (κ1) is 13.5. The van der Waals surface area contributed by atoms with E-state index < -0.39 is 0 Å². The standard InChI is InChI=1S/C12H17Cl2NO/c1-7(2)10(14)6-15-11-5-9(13)4-8(3)12(11)16/h4-5,7,10,15-16H,6H2,1-3H3/t10-/m1/s1. The molecule has 2 N–H and O–H groups in total. The second kappa shape index (κ2) is 5.65. The van der Waals surface area contributed by atoms with Gasteiger partial charge in [-0.25, -0.2) is 0 Å². The third-order valence-electron chi connectivity index (χ3n) is 2.48. The fourth-order valence-corrected chi connectivity index (χ4v) is 1.66. The van der Waals surface area contributed by atoms with Crippen LogP contribution in [0.2, 0.25) is 5.02 Å². The predicted molar refractivity (Wildman–Crippen MR) is 70.8 cm³/mol. The lowest BCUT2D eigenvalue weighted by molar-refractivity contribution is 0.472. The third-order valence-corrected chi connectivity index (χ3v) is 3.35. The van der Waals surface area contributed by atoms with Crippen LogP contribution >= 0.6 is 23.2 Å². The summed E-state index contributed by atoms with van der Waals surface area (Å²) in [5.74, 6) is 0.619. The molecule has 0 bridgehead atoms. The number of aryl methyl sites for hydroxylation is 1. The molecule has 0 saturated heterocycles. The van der Waals surface area contributed by atoms with E-state index in [9.17, 15) is 5.11 Å². The zero-order valence-electron chi connectivity index (χ0n) is 9.72. The molecule has 90 valence electrons. The molecule has 0 fully saturated rings. The number of alkyl halides is 1. The van der Waals surface area contributed by atoms with Crippen LogP contribution in [0.4, 0.5) is 5.69 Å². The second-order valence-corrected chi connectivity index (χ2v) is 5.26. The van der Waals surface area contributed by atoms with Gasteiger partial charge in [0.1, 0.15) is 5.75 Å². The molecule has 0 aromatic heterocycles. The quantitative estimate of drug-likeness (QED) is 0.634. The topological polar surface area (TPSA) is 32.3 Å². The van der Waals surface area contributed by atoms with E-state index >= 15 is 0 Å². The van der Waals surface area contributed by atoms with Crippen LogP contribution in [0, 0.1) is 12.8 Å². The Morgan fingerprint density at radius 3 is 2.56 bits per heavy atom. The van der Waals surface area contributed by atoms with Crippen molar-refractivity contribution in [1.29, 1.82) is 0 Å². The van der Waals surface area contributed by atoms with Gasteiger partial charge in [0.15, 0.2) is 0 Å². The number of halogens is 2. The average Bonchev–Trinajstić information content (AvgIpc) is 2.20. The molecular formula is C12H17Cl2NO. The summed E-state index contributed by atoms with van der Waals surface area (Å²) < 4.78 is 0. The van der Waals surface area contributed by atoms with E-state index in [1.165, 1.54) is 0 Å². The Hall–Kier alpha value is -0.600. The minimum absolute atomic E-state index is 0.0266. The molecule has 0 aliphatic rings. The summed E-state index contributed by atoms with van der Waals surface area (Å²) in [4.78, 5) is 0. The molecule has 1 aromatic rings. The summed E-state index contributed by atoms with van der Waals surface area (Å²) in [5.41, 5.74) is 1.39. The Balaban J connectivity index is 2.74. The molecule has 16 heavy (non-hydrogen) atoms. The van der Waals surface area contributed by atoms with Crippen molar-refractivity contribution in [3.8, 4) is 5.75 Å². The molecule has 0 amide bonds. The van der Waals surface area contributed by atoms with Crippen LogP contribution in [0.1, 0.15) is 19.4 Å². The van der Waals surface area contributed by atoms with Gasteiger partial charge < -0.3 is 10.4 Å². The number of phenolic OH excluding ortho intramolecular Hbond substituents is 1. The van der Waals surface area contributed by atoms with Crippen molar-refractivity contribution in [1.82, 2.24) is 0 Å². The number of hydrogen-bond acceptors (Lipinski definition) is 2. The van der Waals surface area contributed by atoms with Crippen molar-refractivity contribution < 1.29 is 5.11 Å². The molecule has 2 nitrogen and oxygen atoms in total. The van der Waals surface area contributed by atoms with Gasteiger partial charge in [-0.3, -0.25) is 0 Å². The number of aromatic hydroxyl groups is 1. The maximum Gasteiger partial charge on any atom is 0.141 e. The average molecular weight is 262 g/mol. The summed E-state index contributed by atoms with van der Waals surface area (Å²) in [6.07, 6.45) is 0. The Morgan fingerprint density at radius 2 is 2.00 bits per heavy atom. The van der Waals surface area contributed by atoms with Crippen LogP contribution in [0.5, 0.6) is 5.75 Å². The van der Waals surface area contributed by atoms with E-state index in [-0.39, 0.29) is 11.1 Å². The lowest BCUT2D eigenvalue weighted by Crippen LogP contribution is -2.19. The lowest BCUT2D eigenvalue weighted by Gasteiger charge is -2.16. The maximum absolute atomic E-state index is 9.81. The summed E-state index contributed by atoms with van der Waals surface area (Å²) in [6.45, 7) is 6.53. The number of benzene rings is 1. The molecule has 1 rings (SSSR count). The fourth-order valence-electron chi connectivity index (χ4n) is 1.31. The van der Waals surface area contributed by atoms with Gasteiger partial charge in [-0.2, -0.15) is 0 Å². The molecule has 0 radical (unpaired) electrons. The first-order valence-corrected chi connectivity index (χ1v) is 6.10. The first-order chi connectivity index (χ1) is 7.41. The number of phenols is 1. The van der Waals surface area contributed by atoms with Gasteiger partial charge in [-0.15, -0.1) is 11.6 Å². The number of anilines is 1. The van der Waals surface area contributed by atoms with Crippen molar-refractivity contribution in [3.63, 3.8) is 0 Å². The fraction of sp³-hybridized carbons (Fsp3) is 0.500. The highest BCUT2D eigenvalue weighted by molar-refractivity contribution is 6.31. The van der Waals surface area contributed by atoms with Crippen molar-refractivity contribution in [2.75, 3.05) is 11.9 Å². The van der Waals surface area contributed by atoms with Crippen molar-refractivity contribution >= 4 is 28.9 Å². The van der Waals surface area contributed by atoms with Gasteiger partial charge in [0.2, 0.25) is 0 Å². The van der Waals surface area contributed by atoms with Gasteiger partial charge in [-0.1, -0.05) is 25.4 Å². The van der Waals surface area contributed by atoms with Crippen LogP contribution in [0.25, 0.3) is 0 Å². The molecule has 1 atom stereocenters. The second-order valence-electron chi connectivity index (χ2n) is 4.26. The van der Waals surface area contributed by atoms with Crippen LogP contribution < -0.4 is 5.32 Å². The first-order valence-electron chi connectivity index (χ1n) is 5.29. The van der Waals surface area contributed by atoms with Crippen LogP contribution in [0.15, 0.2) is 12.1 Å².